The van der Waals surface area contributed by atoms with Crippen molar-refractivity contribution in [2.45, 2.75) is 24.2 Å². The molecule has 0 aromatic heterocycles. The molecule has 0 unspecified atom stereocenters. The maximum absolute atomic E-state index is 4.64. The lowest BCUT2D eigenvalue weighted by molar-refractivity contribution is 0.642. The van der Waals surface area contributed by atoms with Crippen molar-refractivity contribution in [3.63, 3.8) is 0 Å². The van der Waals surface area contributed by atoms with Crippen molar-refractivity contribution in [2.24, 2.45) is 0 Å². The first-order chi connectivity index (χ1) is 10.6. The monoisotopic (exact) mass is 304 g/mol. The van der Waals surface area contributed by atoms with E-state index in [9.17, 15) is 0 Å². The molecular weight excluding hydrogens is 284 g/mol. The number of rotatable bonds is 3. The minimum atomic E-state index is -0.0616. The van der Waals surface area contributed by atoms with Crippen molar-refractivity contribution in [1.29, 1.82) is 0 Å². The molecule has 0 saturated carbocycles. The Bertz CT molecular complexity index is 773. The number of hydrogen-bond donors (Lipinski definition) is 1. The molecule has 0 bridgehead atoms. The molecule has 0 radical (unpaired) electrons. The largest absolute Gasteiger partial charge is 0.143 e. The van der Waals surface area contributed by atoms with Crippen LogP contribution in [0.15, 0.2) is 83.8 Å². The molecule has 22 heavy (non-hydrogen) atoms. The summed E-state index contributed by atoms with van der Waals surface area (Å²) in [5.74, 6) is 0. The van der Waals surface area contributed by atoms with Crippen LogP contribution in [0, 0.1) is 0 Å². The summed E-state index contributed by atoms with van der Waals surface area (Å²) in [7, 11) is 0. The molecular formula is C21H20S. The van der Waals surface area contributed by atoms with Gasteiger partial charge in [0.15, 0.2) is 0 Å². The quantitative estimate of drug-likeness (QED) is 0.566. The van der Waals surface area contributed by atoms with Crippen molar-refractivity contribution in [2.75, 3.05) is 0 Å². The van der Waals surface area contributed by atoms with E-state index in [4.69, 9.17) is 0 Å². The van der Waals surface area contributed by atoms with E-state index < -0.39 is 0 Å². The SMILES string of the molecule is CC(C)(c1ccccc1)c1ccccc1-c1ccccc1S. The summed E-state index contributed by atoms with van der Waals surface area (Å²) in [6, 6.07) is 27.6. The first kappa shape index (κ1) is 14.9. The van der Waals surface area contributed by atoms with E-state index in [0.717, 1.165) is 4.90 Å². The summed E-state index contributed by atoms with van der Waals surface area (Å²) in [6.45, 7) is 4.56. The van der Waals surface area contributed by atoms with Crippen LogP contribution in [0.4, 0.5) is 0 Å². The Morgan fingerprint density at radius 2 is 1.18 bits per heavy atom. The Hall–Kier alpha value is -1.99. The van der Waals surface area contributed by atoms with E-state index in [1.807, 2.05) is 12.1 Å². The van der Waals surface area contributed by atoms with Crippen LogP contribution in [0.2, 0.25) is 0 Å². The van der Waals surface area contributed by atoms with E-state index in [-0.39, 0.29) is 5.41 Å². The van der Waals surface area contributed by atoms with Gasteiger partial charge >= 0.3 is 0 Å². The molecule has 3 aromatic rings. The molecule has 110 valence electrons. The van der Waals surface area contributed by atoms with Gasteiger partial charge in [-0.15, -0.1) is 12.6 Å². The molecule has 0 aliphatic rings. The third kappa shape index (κ3) is 2.69. The standard InChI is InChI=1S/C21H20S/c1-21(2,16-10-4-3-5-11-16)19-14-8-6-12-17(19)18-13-7-9-15-20(18)22/h3-15,22H,1-2H3. The van der Waals surface area contributed by atoms with Crippen molar-refractivity contribution >= 4 is 12.6 Å². The van der Waals surface area contributed by atoms with Crippen LogP contribution in [-0.4, -0.2) is 0 Å². The Balaban J connectivity index is 2.19. The van der Waals surface area contributed by atoms with Crippen molar-refractivity contribution < 1.29 is 0 Å². The van der Waals surface area contributed by atoms with Crippen LogP contribution in [-0.2, 0) is 5.41 Å². The molecule has 3 aromatic carbocycles. The van der Waals surface area contributed by atoms with Gasteiger partial charge in [-0.2, -0.15) is 0 Å². The lowest BCUT2D eigenvalue weighted by Crippen LogP contribution is -2.19. The fourth-order valence-electron chi connectivity index (χ4n) is 2.97. The number of thiol groups is 1. The smallest absolute Gasteiger partial charge is 0.0152 e. The van der Waals surface area contributed by atoms with E-state index in [2.05, 4.69) is 93.2 Å². The Morgan fingerprint density at radius 1 is 0.636 bits per heavy atom. The summed E-state index contributed by atoms with van der Waals surface area (Å²) in [4.78, 5) is 1.01. The van der Waals surface area contributed by atoms with Crippen LogP contribution < -0.4 is 0 Å². The zero-order valence-electron chi connectivity index (χ0n) is 13.0. The van der Waals surface area contributed by atoms with Gasteiger partial charge in [-0.1, -0.05) is 86.6 Å². The second-order valence-corrected chi connectivity index (χ2v) is 6.54. The van der Waals surface area contributed by atoms with E-state index in [1.54, 1.807) is 0 Å². The molecule has 0 aliphatic heterocycles. The third-order valence-corrected chi connectivity index (χ3v) is 4.68. The van der Waals surface area contributed by atoms with Crippen molar-refractivity contribution in [3.05, 3.63) is 90.0 Å². The molecule has 0 nitrogen and oxygen atoms in total. The lowest BCUT2D eigenvalue weighted by Gasteiger charge is -2.29. The average molecular weight is 304 g/mol. The molecule has 1 heteroatoms. The van der Waals surface area contributed by atoms with Gasteiger partial charge in [0.2, 0.25) is 0 Å². The Morgan fingerprint density at radius 3 is 1.86 bits per heavy atom. The van der Waals surface area contributed by atoms with Gasteiger partial charge in [-0.25, -0.2) is 0 Å². The molecule has 0 heterocycles. The Kier molecular flexibility index (Phi) is 4.08. The molecule has 0 atom stereocenters. The number of benzene rings is 3. The maximum Gasteiger partial charge on any atom is 0.0152 e. The molecule has 0 aliphatic carbocycles. The first-order valence-corrected chi connectivity index (χ1v) is 7.99. The average Bonchev–Trinajstić information content (AvgIpc) is 2.56. The zero-order chi connectivity index (χ0) is 15.6. The zero-order valence-corrected chi connectivity index (χ0v) is 13.8. The first-order valence-electron chi connectivity index (χ1n) is 7.54. The van der Waals surface area contributed by atoms with Crippen molar-refractivity contribution in [1.82, 2.24) is 0 Å². The number of hydrogen-bond acceptors (Lipinski definition) is 1. The van der Waals surface area contributed by atoms with Crippen LogP contribution in [0.5, 0.6) is 0 Å². The van der Waals surface area contributed by atoms with Crippen LogP contribution >= 0.6 is 12.6 Å². The van der Waals surface area contributed by atoms with Crippen LogP contribution in [0.25, 0.3) is 11.1 Å². The van der Waals surface area contributed by atoms with Gasteiger partial charge < -0.3 is 0 Å². The third-order valence-electron chi connectivity index (χ3n) is 4.29. The minimum absolute atomic E-state index is 0.0616. The molecule has 0 amide bonds. The molecule has 3 rings (SSSR count). The highest BCUT2D eigenvalue weighted by atomic mass is 32.1. The lowest BCUT2D eigenvalue weighted by atomic mass is 9.75. The summed E-state index contributed by atoms with van der Waals surface area (Å²) < 4.78 is 0. The van der Waals surface area contributed by atoms with Crippen LogP contribution in [0.3, 0.4) is 0 Å². The fourth-order valence-corrected chi connectivity index (χ4v) is 3.26. The molecule has 0 fully saturated rings. The molecule has 0 saturated heterocycles. The van der Waals surface area contributed by atoms with E-state index >= 15 is 0 Å². The normalized spacial score (nSPS) is 11.4. The second-order valence-electron chi connectivity index (χ2n) is 6.05. The van der Waals surface area contributed by atoms with Crippen molar-refractivity contribution in [3.8, 4) is 11.1 Å². The molecule has 0 spiro atoms. The topological polar surface area (TPSA) is 0 Å². The summed E-state index contributed by atoms with van der Waals surface area (Å²) in [5.41, 5.74) is 5.02. The van der Waals surface area contributed by atoms with Gasteiger partial charge in [-0.3, -0.25) is 0 Å². The second kappa shape index (κ2) is 6.02. The molecule has 0 N–H and O–H groups in total. The summed E-state index contributed by atoms with van der Waals surface area (Å²) in [5, 5.41) is 0. The highest BCUT2D eigenvalue weighted by molar-refractivity contribution is 7.80. The minimum Gasteiger partial charge on any atom is -0.143 e. The fraction of sp³-hybridized carbons (Fsp3) is 0.143. The summed E-state index contributed by atoms with van der Waals surface area (Å²) in [6.07, 6.45) is 0. The van der Waals surface area contributed by atoms with Gasteiger partial charge in [0, 0.05) is 10.3 Å². The van der Waals surface area contributed by atoms with Crippen LogP contribution in [0.1, 0.15) is 25.0 Å². The van der Waals surface area contributed by atoms with E-state index in [1.165, 1.54) is 22.3 Å². The van der Waals surface area contributed by atoms with Gasteiger partial charge in [-0.05, 0) is 28.3 Å². The predicted molar refractivity (Wildman–Crippen MR) is 97.7 cm³/mol. The summed E-state index contributed by atoms with van der Waals surface area (Å²) >= 11 is 4.64. The highest BCUT2D eigenvalue weighted by Gasteiger charge is 2.26. The van der Waals surface area contributed by atoms with E-state index in [0.29, 0.717) is 0 Å². The van der Waals surface area contributed by atoms with Gasteiger partial charge in [0.05, 0.1) is 0 Å². The predicted octanol–water partition coefficient (Wildman–Crippen LogP) is 5.97. The Labute approximate surface area is 138 Å². The van der Waals surface area contributed by atoms with Gasteiger partial charge in [0.1, 0.15) is 0 Å². The van der Waals surface area contributed by atoms with Gasteiger partial charge in [0.25, 0.3) is 0 Å². The maximum atomic E-state index is 4.64. The highest BCUT2D eigenvalue weighted by Crippen LogP contribution is 2.39.